The second-order valence-electron chi connectivity index (χ2n) is 4.77. The first-order chi connectivity index (χ1) is 9.97. The molecule has 2 aromatic rings. The van der Waals surface area contributed by atoms with E-state index >= 15 is 0 Å². The molecule has 1 aliphatic heterocycles. The van der Waals surface area contributed by atoms with Crippen LogP contribution in [0.15, 0.2) is 24.3 Å². The normalized spacial score (nSPS) is 14.7. The maximum absolute atomic E-state index is 13.9. The van der Waals surface area contributed by atoms with Crippen molar-refractivity contribution in [2.24, 2.45) is 0 Å². The number of hydrogen-bond acceptors (Lipinski definition) is 2. The first-order valence-corrected chi connectivity index (χ1v) is 7.00. The Kier molecular flexibility index (Phi) is 3.78. The highest BCUT2D eigenvalue weighted by Gasteiger charge is 2.25. The smallest absolute Gasteiger partial charge is 0.142 e. The maximum atomic E-state index is 13.9. The van der Waals surface area contributed by atoms with Crippen LogP contribution in [0.5, 0.6) is 5.75 Å². The summed E-state index contributed by atoms with van der Waals surface area (Å²) in [7, 11) is 0. The minimum atomic E-state index is -1.39. The van der Waals surface area contributed by atoms with E-state index in [-0.39, 0.29) is 10.6 Å². The monoisotopic (exact) mass is 330 g/mol. The van der Waals surface area contributed by atoms with Crippen LogP contribution in [0.25, 0.3) is 0 Å². The molecule has 0 fully saturated rings. The third kappa shape index (κ3) is 2.59. The van der Waals surface area contributed by atoms with Crippen molar-refractivity contribution in [1.82, 2.24) is 0 Å². The molecule has 2 nitrogen and oxygen atoms in total. The Bertz CT molecular complexity index is 719. The molecular formula is C15H10Cl2F2O2. The summed E-state index contributed by atoms with van der Waals surface area (Å²) >= 11 is 11.5. The summed E-state index contributed by atoms with van der Waals surface area (Å²) in [6.45, 7) is 0.465. The van der Waals surface area contributed by atoms with Gasteiger partial charge in [0.15, 0.2) is 0 Å². The van der Waals surface area contributed by atoms with Crippen LogP contribution < -0.4 is 4.74 Å². The van der Waals surface area contributed by atoms with Gasteiger partial charge in [-0.25, -0.2) is 8.78 Å². The lowest BCUT2D eigenvalue weighted by atomic mass is 9.97. The fourth-order valence-electron chi connectivity index (χ4n) is 2.42. The van der Waals surface area contributed by atoms with Gasteiger partial charge in [0.1, 0.15) is 23.5 Å². The summed E-state index contributed by atoms with van der Waals surface area (Å²) in [4.78, 5) is 0. The van der Waals surface area contributed by atoms with Crippen molar-refractivity contribution in [3.05, 3.63) is 62.6 Å². The first kappa shape index (κ1) is 14.6. The van der Waals surface area contributed by atoms with Crippen LogP contribution in [0.3, 0.4) is 0 Å². The maximum Gasteiger partial charge on any atom is 0.142 e. The zero-order chi connectivity index (χ0) is 15.1. The number of fused-ring (bicyclic) bond motifs is 1. The van der Waals surface area contributed by atoms with Crippen molar-refractivity contribution in [1.29, 1.82) is 0 Å². The Morgan fingerprint density at radius 2 is 1.81 bits per heavy atom. The Morgan fingerprint density at radius 1 is 1.05 bits per heavy atom. The largest absolute Gasteiger partial charge is 0.493 e. The van der Waals surface area contributed by atoms with Crippen LogP contribution in [-0.4, -0.2) is 11.7 Å². The number of rotatable bonds is 2. The molecule has 21 heavy (non-hydrogen) atoms. The van der Waals surface area contributed by atoms with Crippen molar-refractivity contribution < 1.29 is 18.6 Å². The second-order valence-corrected chi connectivity index (χ2v) is 5.62. The molecule has 110 valence electrons. The Hall–Kier alpha value is -1.36. The summed E-state index contributed by atoms with van der Waals surface area (Å²) in [5.74, 6) is -1.12. The van der Waals surface area contributed by atoms with E-state index in [4.69, 9.17) is 27.9 Å². The number of ether oxygens (including phenoxy) is 1. The van der Waals surface area contributed by atoms with Gasteiger partial charge in [-0.05, 0) is 29.8 Å². The molecule has 1 aliphatic rings. The van der Waals surface area contributed by atoms with E-state index < -0.39 is 17.7 Å². The molecule has 1 unspecified atom stereocenters. The fraction of sp³-hybridized carbons (Fsp3) is 0.200. The number of hydrogen-bond donors (Lipinski definition) is 1. The van der Waals surface area contributed by atoms with Gasteiger partial charge in [-0.3, -0.25) is 0 Å². The van der Waals surface area contributed by atoms with Crippen LogP contribution in [-0.2, 0) is 6.42 Å². The van der Waals surface area contributed by atoms with Crippen molar-refractivity contribution in [3.63, 3.8) is 0 Å². The fourth-order valence-corrected chi connectivity index (χ4v) is 2.82. The lowest BCUT2D eigenvalue weighted by molar-refractivity contribution is 0.208. The summed E-state index contributed by atoms with van der Waals surface area (Å²) in [5.41, 5.74) is 0.943. The Balaban J connectivity index is 2.11. The Morgan fingerprint density at radius 3 is 2.57 bits per heavy atom. The average molecular weight is 331 g/mol. The summed E-state index contributed by atoms with van der Waals surface area (Å²) in [5, 5.41) is 10.5. The average Bonchev–Trinajstić information content (AvgIpc) is 2.89. The lowest BCUT2D eigenvalue weighted by Crippen LogP contribution is -2.06. The van der Waals surface area contributed by atoms with E-state index in [1.54, 1.807) is 6.07 Å². The van der Waals surface area contributed by atoms with Crippen LogP contribution in [0, 0.1) is 11.6 Å². The van der Waals surface area contributed by atoms with Gasteiger partial charge in [0, 0.05) is 22.6 Å². The molecule has 0 saturated carbocycles. The molecule has 0 amide bonds. The van der Waals surface area contributed by atoms with Crippen molar-refractivity contribution in [2.45, 2.75) is 12.5 Å². The van der Waals surface area contributed by atoms with E-state index in [2.05, 4.69) is 0 Å². The van der Waals surface area contributed by atoms with Crippen molar-refractivity contribution >= 4 is 23.2 Å². The molecule has 1 heterocycles. The molecule has 1 atom stereocenters. The van der Waals surface area contributed by atoms with Crippen LogP contribution in [0.2, 0.25) is 10.0 Å². The first-order valence-electron chi connectivity index (χ1n) is 6.25. The zero-order valence-corrected chi connectivity index (χ0v) is 12.2. The molecule has 2 aromatic carbocycles. The van der Waals surface area contributed by atoms with Crippen molar-refractivity contribution in [2.75, 3.05) is 6.61 Å². The molecule has 0 aliphatic carbocycles. The van der Waals surface area contributed by atoms with E-state index in [1.165, 1.54) is 6.07 Å². The molecule has 0 spiro atoms. The van der Waals surface area contributed by atoms with Gasteiger partial charge >= 0.3 is 0 Å². The van der Waals surface area contributed by atoms with E-state index in [9.17, 15) is 13.9 Å². The van der Waals surface area contributed by atoms with Gasteiger partial charge in [-0.1, -0.05) is 23.2 Å². The van der Waals surface area contributed by atoms with Gasteiger partial charge in [0.2, 0.25) is 0 Å². The van der Waals surface area contributed by atoms with Crippen molar-refractivity contribution in [3.8, 4) is 5.75 Å². The highest BCUT2D eigenvalue weighted by Crippen LogP contribution is 2.39. The molecule has 1 N–H and O–H groups in total. The van der Waals surface area contributed by atoms with E-state index in [1.807, 2.05) is 0 Å². The molecule has 3 rings (SSSR count). The highest BCUT2D eigenvalue weighted by molar-refractivity contribution is 6.31. The van der Waals surface area contributed by atoms with Gasteiger partial charge in [-0.15, -0.1) is 0 Å². The van der Waals surface area contributed by atoms with Gasteiger partial charge < -0.3 is 9.84 Å². The standard InChI is InChI=1S/C15H10Cl2F2O2/c16-8-3-7-1-2-21-15(7)10(4-8)14(20)9-5-13(19)11(17)6-12(9)18/h3-6,14,20H,1-2H2. The number of aliphatic hydroxyl groups is 1. The minimum Gasteiger partial charge on any atom is -0.493 e. The summed E-state index contributed by atoms with van der Waals surface area (Å²) < 4.78 is 32.9. The van der Waals surface area contributed by atoms with Gasteiger partial charge in [0.05, 0.1) is 11.6 Å². The second kappa shape index (κ2) is 5.44. The molecule has 0 radical (unpaired) electrons. The molecular weight excluding hydrogens is 321 g/mol. The predicted octanol–water partition coefficient (Wildman–Crippen LogP) is 4.29. The summed E-state index contributed by atoms with van der Waals surface area (Å²) in [6, 6.07) is 4.94. The minimum absolute atomic E-state index is 0.211. The third-order valence-electron chi connectivity index (χ3n) is 3.41. The molecule has 0 bridgehead atoms. The molecule has 6 heteroatoms. The Labute approximate surface area is 129 Å². The SMILES string of the molecule is OC(c1cc(F)c(Cl)cc1F)c1cc(Cl)cc2c1OCC2. The van der Waals surface area contributed by atoms with Gasteiger partial charge in [0.25, 0.3) is 0 Å². The number of halogens is 4. The highest BCUT2D eigenvalue weighted by atomic mass is 35.5. The quantitative estimate of drug-likeness (QED) is 0.832. The topological polar surface area (TPSA) is 29.5 Å². The van der Waals surface area contributed by atoms with E-state index in [0.717, 1.165) is 17.7 Å². The third-order valence-corrected chi connectivity index (χ3v) is 3.91. The molecule has 0 saturated heterocycles. The molecule has 0 aromatic heterocycles. The zero-order valence-electron chi connectivity index (χ0n) is 10.7. The number of benzene rings is 2. The van der Waals surface area contributed by atoms with Crippen LogP contribution >= 0.6 is 23.2 Å². The van der Waals surface area contributed by atoms with Crippen LogP contribution in [0.4, 0.5) is 8.78 Å². The predicted molar refractivity (Wildman–Crippen MR) is 76.1 cm³/mol. The van der Waals surface area contributed by atoms with Gasteiger partial charge in [-0.2, -0.15) is 0 Å². The van der Waals surface area contributed by atoms with Crippen LogP contribution in [0.1, 0.15) is 22.8 Å². The number of aliphatic hydroxyl groups excluding tert-OH is 1. The summed E-state index contributed by atoms with van der Waals surface area (Å²) in [6.07, 6.45) is -0.727. The lowest BCUT2D eigenvalue weighted by Gasteiger charge is -2.16. The van der Waals surface area contributed by atoms with E-state index in [0.29, 0.717) is 29.4 Å².